The minimum absolute atomic E-state index is 0.362. The third-order valence-corrected chi connectivity index (χ3v) is 6.47. The van der Waals surface area contributed by atoms with Crippen LogP contribution in [0.1, 0.15) is 92.5 Å². The van der Waals surface area contributed by atoms with Gasteiger partial charge in [-0.2, -0.15) is 0 Å². The van der Waals surface area contributed by atoms with Crippen molar-refractivity contribution in [1.82, 2.24) is 0 Å². The summed E-state index contributed by atoms with van der Waals surface area (Å²) in [5.74, 6) is 0.858. The molecule has 0 atom stereocenters. The van der Waals surface area contributed by atoms with Crippen LogP contribution in [0.2, 0.25) is 0 Å². The van der Waals surface area contributed by atoms with Gasteiger partial charge < -0.3 is 0 Å². The normalized spacial score (nSPS) is 17.9. The van der Waals surface area contributed by atoms with Crippen molar-refractivity contribution in [2.45, 2.75) is 90.9 Å². The van der Waals surface area contributed by atoms with Crippen LogP contribution < -0.4 is 0 Å². The topological polar surface area (TPSA) is 0 Å². The second kappa shape index (κ2) is 5.99. The number of rotatable bonds is 4. The van der Waals surface area contributed by atoms with Crippen molar-refractivity contribution < 1.29 is 0 Å². The molecular formula is C18H30S. The molecule has 0 radical (unpaired) electrons. The average Bonchev–Trinajstić information content (AvgIpc) is 2.67. The molecule has 1 aliphatic carbocycles. The van der Waals surface area contributed by atoms with E-state index in [1.807, 2.05) is 0 Å². The van der Waals surface area contributed by atoms with Crippen LogP contribution in [0.3, 0.4) is 0 Å². The molecule has 1 aliphatic rings. The zero-order chi connectivity index (χ0) is 14.0. The van der Waals surface area contributed by atoms with E-state index in [1.54, 1.807) is 20.9 Å². The van der Waals surface area contributed by atoms with Gasteiger partial charge in [-0.25, -0.2) is 0 Å². The summed E-state index contributed by atoms with van der Waals surface area (Å²) in [6.07, 6.45) is 9.76. The fourth-order valence-corrected chi connectivity index (χ4v) is 5.42. The van der Waals surface area contributed by atoms with Crippen LogP contribution in [0.5, 0.6) is 0 Å². The van der Waals surface area contributed by atoms with E-state index < -0.39 is 0 Å². The van der Waals surface area contributed by atoms with E-state index >= 15 is 0 Å². The average molecular weight is 279 g/mol. The summed E-state index contributed by atoms with van der Waals surface area (Å²) in [6, 6.07) is 0. The largest absolute Gasteiger partial charge is 0.145 e. The van der Waals surface area contributed by atoms with Crippen molar-refractivity contribution in [3.8, 4) is 0 Å². The van der Waals surface area contributed by atoms with E-state index in [9.17, 15) is 0 Å². The highest BCUT2D eigenvalue weighted by Gasteiger charge is 2.29. The molecular weight excluding hydrogens is 248 g/mol. The predicted molar refractivity (Wildman–Crippen MR) is 87.6 cm³/mol. The highest BCUT2D eigenvalue weighted by Crippen LogP contribution is 2.45. The van der Waals surface area contributed by atoms with Gasteiger partial charge in [0.1, 0.15) is 0 Å². The van der Waals surface area contributed by atoms with Crippen molar-refractivity contribution in [3.63, 3.8) is 0 Å². The SMILES string of the molecule is CCCC(C)(C)c1sc(C)c(C2CCCCC2)c1C. The highest BCUT2D eigenvalue weighted by molar-refractivity contribution is 7.12. The van der Waals surface area contributed by atoms with Gasteiger partial charge in [0.25, 0.3) is 0 Å². The van der Waals surface area contributed by atoms with Gasteiger partial charge in [0.15, 0.2) is 0 Å². The monoisotopic (exact) mass is 278 g/mol. The molecule has 1 heterocycles. The van der Waals surface area contributed by atoms with Crippen LogP contribution in [0.15, 0.2) is 0 Å². The maximum Gasteiger partial charge on any atom is 0.0136 e. The van der Waals surface area contributed by atoms with Crippen LogP contribution in [-0.4, -0.2) is 0 Å². The lowest BCUT2D eigenvalue weighted by atomic mass is 9.79. The minimum atomic E-state index is 0.362. The van der Waals surface area contributed by atoms with Gasteiger partial charge >= 0.3 is 0 Å². The summed E-state index contributed by atoms with van der Waals surface area (Å²) >= 11 is 2.08. The second-order valence-electron chi connectivity index (χ2n) is 6.99. The molecule has 1 heteroatoms. The van der Waals surface area contributed by atoms with Crippen molar-refractivity contribution >= 4 is 11.3 Å². The van der Waals surface area contributed by atoms with Gasteiger partial charge in [0.2, 0.25) is 0 Å². The van der Waals surface area contributed by atoms with E-state index in [1.165, 1.54) is 44.9 Å². The highest BCUT2D eigenvalue weighted by atomic mass is 32.1. The molecule has 0 bridgehead atoms. The lowest BCUT2D eigenvalue weighted by molar-refractivity contribution is 0.440. The molecule has 1 fully saturated rings. The fourth-order valence-electron chi connectivity index (χ4n) is 4.04. The van der Waals surface area contributed by atoms with Crippen molar-refractivity contribution in [3.05, 3.63) is 20.9 Å². The van der Waals surface area contributed by atoms with Crippen molar-refractivity contribution in [1.29, 1.82) is 0 Å². The van der Waals surface area contributed by atoms with Crippen LogP contribution in [0, 0.1) is 13.8 Å². The summed E-state index contributed by atoms with van der Waals surface area (Å²) in [5.41, 5.74) is 3.72. The van der Waals surface area contributed by atoms with Gasteiger partial charge in [-0.1, -0.05) is 46.5 Å². The summed E-state index contributed by atoms with van der Waals surface area (Å²) in [5, 5.41) is 0. The number of hydrogen-bond donors (Lipinski definition) is 0. The smallest absolute Gasteiger partial charge is 0.0136 e. The Balaban J connectivity index is 2.33. The Labute approximate surface area is 123 Å². The zero-order valence-corrected chi connectivity index (χ0v) is 14.3. The number of hydrogen-bond acceptors (Lipinski definition) is 1. The minimum Gasteiger partial charge on any atom is -0.145 e. The third-order valence-electron chi connectivity index (χ3n) is 4.88. The first-order chi connectivity index (χ1) is 8.97. The third kappa shape index (κ3) is 3.07. The summed E-state index contributed by atoms with van der Waals surface area (Å²) in [6.45, 7) is 11.9. The van der Waals surface area contributed by atoms with Crippen LogP contribution >= 0.6 is 11.3 Å². The molecule has 1 aromatic heterocycles. The molecule has 0 nitrogen and oxygen atoms in total. The maximum absolute atomic E-state index is 2.43. The standard InChI is InChI=1S/C18H30S/c1-6-12-18(4,5)17-13(2)16(14(3)19-17)15-10-8-7-9-11-15/h15H,6-12H2,1-5H3. The molecule has 0 aliphatic heterocycles. The molecule has 108 valence electrons. The maximum atomic E-state index is 2.43. The molecule has 0 unspecified atom stereocenters. The zero-order valence-electron chi connectivity index (χ0n) is 13.4. The second-order valence-corrected chi connectivity index (χ2v) is 8.22. The molecule has 19 heavy (non-hydrogen) atoms. The summed E-state index contributed by atoms with van der Waals surface area (Å²) < 4.78 is 0. The molecule has 0 aromatic carbocycles. The van der Waals surface area contributed by atoms with Gasteiger partial charge in [-0.05, 0) is 55.6 Å². The first kappa shape index (κ1) is 15.1. The molecule has 0 amide bonds. The molecule has 0 saturated heterocycles. The first-order valence-corrected chi connectivity index (χ1v) is 8.89. The van der Waals surface area contributed by atoms with E-state index in [0.29, 0.717) is 5.41 Å². The Morgan fingerprint density at radius 1 is 1.11 bits per heavy atom. The number of aryl methyl sites for hydroxylation is 1. The Morgan fingerprint density at radius 3 is 2.32 bits per heavy atom. The van der Waals surface area contributed by atoms with Crippen LogP contribution in [-0.2, 0) is 5.41 Å². The Bertz CT molecular complexity index is 419. The van der Waals surface area contributed by atoms with Gasteiger partial charge in [0, 0.05) is 9.75 Å². The molecule has 1 aromatic rings. The van der Waals surface area contributed by atoms with Crippen molar-refractivity contribution in [2.75, 3.05) is 0 Å². The van der Waals surface area contributed by atoms with E-state index in [4.69, 9.17) is 0 Å². The first-order valence-electron chi connectivity index (χ1n) is 8.07. The van der Waals surface area contributed by atoms with E-state index in [2.05, 4.69) is 46.0 Å². The van der Waals surface area contributed by atoms with Gasteiger partial charge in [0.05, 0.1) is 0 Å². The quantitative estimate of drug-likeness (QED) is 0.590. The van der Waals surface area contributed by atoms with E-state index in [-0.39, 0.29) is 0 Å². The predicted octanol–water partition coefficient (Wildman–Crippen LogP) is 6.49. The number of thiophene rings is 1. The van der Waals surface area contributed by atoms with Crippen LogP contribution in [0.25, 0.3) is 0 Å². The van der Waals surface area contributed by atoms with E-state index in [0.717, 1.165) is 5.92 Å². The molecule has 0 spiro atoms. The Hall–Kier alpha value is -0.300. The molecule has 0 N–H and O–H groups in total. The lowest BCUT2D eigenvalue weighted by Gasteiger charge is -2.26. The molecule has 1 saturated carbocycles. The Kier molecular flexibility index (Phi) is 4.76. The summed E-state index contributed by atoms with van der Waals surface area (Å²) in [4.78, 5) is 3.26. The molecule has 2 rings (SSSR count). The van der Waals surface area contributed by atoms with Gasteiger partial charge in [-0.3, -0.25) is 0 Å². The summed E-state index contributed by atoms with van der Waals surface area (Å²) in [7, 11) is 0. The van der Waals surface area contributed by atoms with Crippen molar-refractivity contribution in [2.24, 2.45) is 0 Å². The van der Waals surface area contributed by atoms with Crippen LogP contribution in [0.4, 0.5) is 0 Å². The Morgan fingerprint density at radius 2 is 1.74 bits per heavy atom. The fraction of sp³-hybridized carbons (Fsp3) is 0.778. The lowest BCUT2D eigenvalue weighted by Crippen LogP contribution is -2.16. The van der Waals surface area contributed by atoms with Gasteiger partial charge in [-0.15, -0.1) is 11.3 Å².